The molecule has 0 bridgehead atoms. The summed E-state index contributed by atoms with van der Waals surface area (Å²) >= 11 is 5.93. The Balaban J connectivity index is 2.31. The first-order valence-corrected chi connectivity index (χ1v) is 5.51. The molecule has 1 heterocycles. The molecule has 0 spiro atoms. The Labute approximate surface area is 94.9 Å². The van der Waals surface area contributed by atoms with Gasteiger partial charge in [-0.2, -0.15) is 0 Å². The van der Waals surface area contributed by atoms with E-state index in [1.165, 1.54) is 0 Å². The van der Waals surface area contributed by atoms with Crippen molar-refractivity contribution in [3.8, 4) is 0 Å². The van der Waals surface area contributed by atoms with Crippen molar-refractivity contribution in [2.45, 2.75) is 25.1 Å². The van der Waals surface area contributed by atoms with Gasteiger partial charge in [0.25, 0.3) is 5.91 Å². The van der Waals surface area contributed by atoms with Gasteiger partial charge in [0.05, 0.1) is 0 Å². The number of halogens is 1. The van der Waals surface area contributed by atoms with Crippen molar-refractivity contribution in [2.75, 3.05) is 6.54 Å². The maximum Gasteiger partial charge on any atom is 0.269 e. The minimum atomic E-state index is -0.143. The van der Waals surface area contributed by atoms with Crippen LogP contribution in [0.1, 0.15) is 30.3 Å². The minimum absolute atomic E-state index is 0.133. The van der Waals surface area contributed by atoms with Crippen LogP contribution in [-0.4, -0.2) is 22.8 Å². The van der Waals surface area contributed by atoms with Gasteiger partial charge >= 0.3 is 0 Å². The van der Waals surface area contributed by atoms with Crippen LogP contribution in [0.25, 0.3) is 0 Å². The number of carbonyl (C=O) groups excluding carboxylic acids is 1. The topological polar surface area (TPSA) is 42.0 Å². The van der Waals surface area contributed by atoms with Crippen LogP contribution in [0.4, 0.5) is 0 Å². The van der Waals surface area contributed by atoms with Crippen molar-refractivity contribution in [3.63, 3.8) is 0 Å². The number of amides is 1. The highest BCUT2D eigenvalue weighted by atomic mass is 35.5. The summed E-state index contributed by atoms with van der Waals surface area (Å²) in [6.07, 6.45) is 3.31. The average molecular weight is 227 g/mol. The Kier molecular flexibility index (Phi) is 5.12. The maximum absolute atomic E-state index is 11.5. The fraction of sp³-hybridized carbons (Fsp3) is 0.455. The van der Waals surface area contributed by atoms with Crippen molar-refractivity contribution >= 4 is 17.5 Å². The Morgan fingerprint density at radius 1 is 1.60 bits per heavy atom. The molecule has 0 aliphatic carbocycles. The Hall–Kier alpha value is -1.09. The maximum atomic E-state index is 11.5. The zero-order valence-electron chi connectivity index (χ0n) is 8.74. The van der Waals surface area contributed by atoms with Crippen molar-refractivity contribution in [2.24, 2.45) is 0 Å². The minimum Gasteiger partial charge on any atom is -0.351 e. The van der Waals surface area contributed by atoms with Crippen molar-refractivity contribution in [3.05, 3.63) is 30.1 Å². The number of alkyl halides is 1. The lowest BCUT2D eigenvalue weighted by atomic mass is 10.2. The summed E-state index contributed by atoms with van der Waals surface area (Å²) in [5.74, 6) is -0.143. The summed E-state index contributed by atoms with van der Waals surface area (Å²) in [4.78, 5) is 15.4. The van der Waals surface area contributed by atoms with E-state index in [-0.39, 0.29) is 11.3 Å². The molecule has 0 radical (unpaired) electrons. The molecule has 3 nitrogen and oxygen atoms in total. The lowest BCUT2D eigenvalue weighted by molar-refractivity contribution is 0.0948. The number of pyridine rings is 1. The van der Waals surface area contributed by atoms with E-state index in [4.69, 9.17) is 11.6 Å². The van der Waals surface area contributed by atoms with Gasteiger partial charge in [-0.15, -0.1) is 11.6 Å². The summed E-state index contributed by atoms with van der Waals surface area (Å²) in [5, 5.41) is 2.91. The summed E-state index contributed by atoms with van der Waals surface area (Å²) in [5.41, 5.74) is 0.445. The van der Waals surface area contributed by atoms with Gasteiger partial charge in [0.2, 0.25) is 0 Å². The van der Waals surface area contributed by atoms with Crippen LogP contribution in [0.5, 0.6) is 0 Å². The molecule has 0 aliphatic rings. The second kappa shape index (κ2) is 6.40. The Morgan fingerprint density at radius 2 is 2.40 bits per heavy atom. The molecule has 1 unspecified atom stereocenters. The molecule has 82 valence electrons. The van der Waals surface area contributed by atoms with E-state index in [2.05, 4.69) is 10.3 Å². The van der Waals surface area contributed by atoms with E-state index < -0.39 is 0 Å². The molecule has 0 saturated heterocycles. The highest BCUT2D eigenvalue weighted by molar-refractivity contribution is 6.20. The lowest BCUT2D eigenvalue weighted by Gasteiger charge is -2.07. The van der Waals surface area contributed by atoms with Gasteiger partial charge in [-0.3, -0.25) is 9.78 Å². The van der Waals surface area contributed by atoms with E-state index in [0.717, 1.165) is 12.8 Å². The molecule has 0 aromatic carbocycles. The van der Waals surface area contributed by atoms with Crippen LogP contribution >= 0.6 is 11.6 Å². The van der Waals surface area contributed by atoms with Crippen LogP contribution < -0.4 is 5.32 Å². The molecule has 1 amide bonds. The summed E-state index contributed by atoms with van der Waals surface area (Å²) in [6, 6.07) is 5.26. The third-order valence-corrected chi connectivity index (χ3v) is 2.61. The van der Waals surface area contributed by atoms with Gasteiger partial charge in [-0.25, -0.2) is 0 Å². The average Bonchev–Trinajstić information content (AvgIpc) is 2.29. The van der Waals surface area contributed by atoms with Gasteiger partial charge < -0.3 is 5.32 Å². The Bertz CT molecular complexity index is 303. The molecule has 0 aliphatic heterocycles. The predicted octanol–water partition coefficient (Wildman–Crippen LogP) is 2.22. The van der Waals surface area contributed by atoms with Crippen molar-refractivity contribution in [1.82, 2.24) is 10.3 Å². The third-order valence-electron chi connectivity index (χ3n) is 2.08. The zero-order valence-corrected chi connectivity index (χ0v) is 9.50. The van der Waals surface area contributed by atoms with Crippen molar-refractivity contribution in [1.29, 1.82) is 0 Å². The molecule has 1 aromatic heterocycles. The van der Waals surface area contributed by atoms with Gasteiger partial charge in [0.1, 0.15) is 5.69 Å². The molecule has 0 fully saturated rings. The first-order chi connectivity index (χ1) is 7.24. The fourth-order valence-electron chi connectivity index (χ4n) is 1.13. The molecular formula is C11H15ClN2O. The number of nitrogens with one attached hydrogen (secondary N) is 1. The second-order valence-electron chi connectivity index (χ2n) is 3.27. The standard InChI is InChI=1S/C11H15ClN2O/c1-2-9(12)6-8-14-11(15)10-5-3-4-7-13-10/h3-5,7,9H,2,6,8H2,1H3,(H,14,15). The van der Waals surface area contributed by atoms with Gasteiger partial charge in [-0.05, 0) is 25.0 Å². The molecule has 0 saturated carbocycles. The molecule has 1 N–H and O–H groups in total. The largest absolute Gasteiger partial charge is 0.351 e. The number of hydrogen-bond donors (Lipinski definition) is 1. The number of rotatable bonds is 5. The van der Waals surface area contributed by atoms with E-state index in [9.17, 15) is 4.79 Å². The zero-order chi connectivity index (χ0) is 11.1. The van der Waals surface area contributed by atoms with Crippen molar-refractivity contribution < 1.29 is 4.79 Å². The number of hydrogen-bond acceptors (Lipinski definition) is 2. The SMILES string of the molecule is CCC(Cl)CCNC(=O)c1ccccn1. The first kappa shape index (κ1) is 12.0. The highest BCUT2D eigenvalue weighted by Crippen LogP contribution is 2.04. The van der Waals surface area contributed by atoms with E-state index in [1.54, 1.807) is 24.4 Å². The molecular weight excluding hydrogens is 212 g/mol. The molecule has 15 heavy (non-hydrogen) atoms. The summed E-state index contributed by atoms with van der Waals surface area (Å²) in [7, 11) is 0. The predicted molar refractivity (Wildman–Crippen MR) is 61.1 cm³/mol. The second-order valence-corrected chi connectivity index (χ2v) is 3.88. The van der Waals surface area contributed by atoms with Crippen LogP contribution in [-0.2, 0) is 0 Å². The van der Waals surface area contributed by atoms with E-state index in [0.29, 0.717) is 12.2 Å². The fourth-order valence-corrected chi connectivity index (χ4v) is 1.24. The van der Waals surface area contributed by atoms with E-state index >= 15 is 0 Å². The van der Waals surface area contributed by atoms with Gasteiger partial charge in [0, 0.05) is 18.1 Å². The summed E-state index contributed by atoms with van der Waals surface area (Å²) < 4.78 is 0. The van der Waals surface area contributed by atoms with Crippen LogP contribution in [0.2, 0.25) is 0 Å². The monoisotopic (exact) mass is 226 g/mol. The lowest BCUT2D eigenvalue weighted by Crippen LogP contribution is -2.26. The summed E-state index contributed by atoms with van der Waals surface area (Å²) in [6.45, 7) is 2.62. The van der Waals surface area contributed by atoms with Crippen LogP contribution in [0.15, 0.2) is 24.4 Å². The van der Waals surface area contributed by atoms with E-state index in [1.807, 2.05) is 6.92 Å². The first-order valence-electron chi connectivity index (χ1n) is 5.07. The molecule has 1 atom stereocenters. The van der Waals surface area contributed by atoms with Gasteiger partial charge in [-0.1, -0.05) is 13.0 Å². The molecule has 1 rings (SSSR count). The Morgan fingerprint density at radius 3 is 3.00 bits per heavy atom. The molecule has 4 heteroatoms. The van der Waals surface area contributed by atoms with Crippen LogP contribution in [0.3, 0.4) is 0 Å². The normalized spacial score (nSPS) is 12.1. The number of nitrogens with zero attached hydrogens (tertiary/aromatic N) is 1. The van der Waals surface area contributed by atoms with Crippen LogP contribution in [0, 0.1) is 0 Å². The van der Waals surface area contributed by atoms with Gasteiger partial charge in [0.15, 0.2) is 0 Å². The number of aromatic nitrogens is 1. The third kappa shape index (κ3) is 4.30. The number of carbonyl (C=O) groups is 1. The quantitative estimate of drug-likeness (QED) is 0.783. The highest BCUT2D eigenvalue weighted by Gasteiger charge is 2.06. The molecule has 1 aromatic rings. The smallest absolute Gasteiger partial charge is 0.269 e.